The first-order chi connectivity index (χ1) is 8.59. The SMILES string of the molecule is C=C1O[C@@H](c2ccc3c(C)ncnn23)[C@H](F)[C@@H]1O. The molecule has 0 aliphatic carbocycles. The van der Waals surface area contributed by atoms with E-state index in [9.17, 15) is 9.50 Å². The van der Waals surface area contributed by atoms with Gasteiger partial charge in [-0.2, -0.15) is 5.10 Å². The van der Waals surface area contributed by atoms with Crippen LogP contribution in [-0.2, 0) is 4.74 Å². The lowest BCUT2D eigenvalue weighted by Crippen LogP contribution is -2.21. The van der Waals surface area contributed by atoms with Gasteiger partial charge in [0.25, 0.3) is 0 Å². The van der Waals surface area contributed by atoms with E-state index in [1.165, 1.54) is 6.33 Å². The normalized spacial score (nSPS) is 27.7. The Hall–Kier alpha value is -1.95. The highest BCUT2D eigenvalue weighted by molar-refractivity contribution is 5.52. The molecular weight excluding hydrogens is 237 g/mol. The lowest BCUT2D eigenvalue weighted by atomic mass is 10.1. The van der Waals surface area contributed by atoms with Crippen LogP contribution in [0.3, 0.4) is 0 Å². The molecule has 3 heterocycles. The number of ether oxygens (including phenoxy) is 1. The van der Waals surface area contributed by atoms with Crippen molar-refractivity contribution in [2.75, 3.05) is 0 Å². The number of alkyl halides is 1. The van der Waals surface area contributed by atoms with Crippen molar-refractivity contribution in [3.05, 3.63) is 42.2 Å². The molecule has 1 aliphatic heterocycles. The quantitative estimate of drug-likeness (QED) is 0.828. The molecule has 3 rings (SSSR count). The summed E-state index contributed by atoms with van der Waals surface area (Å²) in [6, 6.07) is 3.52. The van der Waals surface area contributed by atoms with Crippen molar-refractivity contribution >= 4 is 5.52 Å². The molecule has 3 atom stereocenters. The maximum atomic E-state index is 13.9. The summed E-state index contributed by atoms with van der Waals surface area (Å²) in [5.41, 5.74) is 2.13. The minimum absolute atomic E-state index is 0.0493. The topological polar surface area (TPSA) is 59.7 Å². The van der Waals surface area contributed by atoms with E-state index in [0.717, 1.165) is 11.2 Å². The first kappa shape index (κ1) is 11.2. The van der Waals surface area contributed by atoms with Crippen LogP contribution in [0.15, 0.2) is 30.8 Å². The average molecular weight is 249 g/mol. The van der Waals surface area contributed by atoms with Gasteiger partial charge in [0.1, 0.15) is 18.2 Å². The van der Waals surface area contributed by atoms with E-state index in [1.807, 2.05) is 6.92 Å². The summed E-state index contributed by atoms with van der Waals surface area (Å²) in [5.74, 6) is 0.0493. The van der Waals surface area contributed by atoms with Crippen LogP contribution in [0.5, 0.6) is 0 Å². The highest BCUT2D eigenvalue weighted by Gasteiger charge is 2.42. The predicted octanol–water partition coefficient (Wildman–Crippen LogP) is 1.32. The molecule has 1 aliphatic rings. The molecule has 0 unspecified atom stereocenters. The van der Waals surface area contributed by atoms with Crippen molar-refractivity contribution in [2.45, 2.75) is 25.3 Å². The van der Waals surface area contributed by atoms with Crippen molar-refractivity contribution < 1.29 is 14.2 Å². The van der Waals surface area contributed by atoms with Crippen molar-refractivity contribution in [1.82, 2.24) is 14.6 Å². The molecule has 6 heteroatoms. The van der Waals surface area contributed by atoms with Crippen LogP contribution >= 0.6 is 0 Å². The Morgan fingerprint density at radius 2 is 2.28 bits per heavy atom. The van der Waals surface area contributed by atoms with E-state index in [1.54, 1.807) is 16.6 Å². The molecule has 0 radical (unpaired) electrons. The summed E-state index contributed by atoms with van der Waals surface area (Å²) < 4.78 is 20.8. The number of aliphatic hydroxyl groups excluding tert-OH is 1. The minimum Gasteiger partial charge on any atom is -0.483 e. The van der Waals surface area contributed by atoms with E-state index in [4.69, 9.17) is 4.74 Å². The monoisotopic (exact) mass is 249 g/mol. The summed E-state index contributed by atoms with van der Waals surface area (Å²) in [5, 5.41) is 13.6. The summed E-state index contributed by atoms with van der Waals surface area (Å²) >= 11 is 0. The van der Waals surface area contributed by atoms with Crippen LogP contribution in [-0.4, -0.2) is 32.0 Å². The number of nitrogens with zero attached hydrogens (tertiary/aromatic N) is 3. The Balaban J connectivity index is 2.11. The molecule has 1 saturated heterocycles. The molecule has 1 fully saturated rings. The van der Waals surface area contributed by atoms with Gasteiger partial charge in [0.2, 0.25) is 0 Å². The molecule has 0 spiro atoms. The second-order valence-corrected chi connectivity index (χ2v) is 4.29. The van der Waals surface area contributed by atoms with Gasteiger partial charge in [-0.25, -0.2) is 13.9 Å². The van der Waals surface area contributed by atoms with Gasteiger partial charge in [0.05, 0.1) is 16.9 Å². The standard InChI is InChI=1S/C12H12FN3O2/c1-6-8-3-4-9(16(8)15-5-14-6)12-10(13)11(17)7(2)18-12/h3-5,10-12,17H,2H2,1H3/t10-,11-,12+/m1/s1. The maximum absolute atomic E-state index is 13.9. The van der Waals surface area contributed by atoms with Crippen LogP contribution < -0.4 is 0 Å². The Labute approximate surface area is 103 Å². The largest absolute Gasteiger partial charge is 0.483 e. The predicted molar refractivity (Wildman–Crippen MR) is 61.6 cm³/mol. The van der Waals surface area contributed by atoms with Crippen molar-refractivity contribution in [3.8, 4) is 0 Å². The molecule has 0 amide bonds. The molecule has 2 aromatic heterocycles. The Morgan fingerprint density at radius 1 is 1.50 bits per heavy atom. The fraction of sp³-hybridized carbons (Fsp3) is 0.333. The third-order valence-electron chi connectivity index (χ3n) is 3.16. The summed E-state index contributed by atoms with van der Waals surface area (Å²) in [6.45, 7) is 5.33. The van der Waals surface area contributed by atoms with Crippen molar-refractivity contribution in [1.29, 1.82) is 0 Å². The summed E-state index contributed by atoms with van der Waals surface area (Å²) in [4.78, 5) is 4.06. The number of aryl methyl sites for hydroxylation is 1. The van der Waals surface area contributed by atoms with E-state index < -0.39 is 18.4 Å². The highest BCUT2D eigenvalue weighted by Crippen LogP contribution is 2.37. The van der Waals surface area contributed by atoms with Gasteiger partial charge >= 0.3 is 0 Å². The Morgan fingerprint density at radius 3 is 2.94 bits per heavy atom. The minimum atomic E-state index is -1.54. The number of halogens is 1. The summed E-state index contributed by atoms with van der Waals surface area (Å²) in [7, 11) is 0. The van der Waals surface area contributed by atoms with Crippen molar-refractivity contribution in [2.24, 2.45) is 0 Å². The highest BCUT2D eigenvalue weighted by atomic mass is 19.1. The van der Waals surface area contributed by atoms with Crippen molar-refractivity contribution in [3.63, 3.8) is 0 Å². The zero-order valence-corrected chi connectivity index (χ0v) is 9.75. The second-order valence-electron chi connectivity index (χ2n) is 4.29. The maximum Gasteiger partial charge on any atom is 0.175 e. The molecule has 0 aromatic carbocycles. The fourth-order valence-corrected chi connectivity index (χ4v) is 2.16. The van der Waals surface area contributed by atoms with Gasteiger partial charge in [-0.1, -0.05) is 6.58 Å². The molecule has 0 bridgehead atoms. The number of aromatic nitrogens is 3. The van der Waals surface area contributed by atoms with Gasteiger partial charge < -0.3 is 9.84 Å². The first-order valence-electron chi connectivity index (χ1n) is 5.56. The van der Waals surface area contributed by atoms with Gasteiger partial charge in [0, 0.05) is 0 Å². The lowest BCUT2D eigenvalue weighted by Gasteiger charge is -2.12. The fourth-order valence-electron chi connectivity index (χ4n) is 2.16. The number of hydrogen-bond donors (Lipinski definition) is 1. The van der Waals surface area contributed by atoms with Crippen LogP contribution in [0.25, 0.3) is 5.52 Å². The Bertz CT molecular complexity index is 625. The van der Waals surface area contributed by atoms with Crippen LogP contribution in [0, 0.1) is 6.92 Å². The molecule has 0 saturated carbocycles. The zero-order chi connectivity index (χ0) is 12.9. The van der Waals surface area contributed by atoms with Gasteiger partial charge in [-0.15, -0.1) is 0 Å². The summed E-state index contributed by atoms with van der Waals surface area (Å²) in [6.07, 6.45) is -2.31. The zero-order valence-electron chi connectivity index (χ0n) is 9.75. The van der Waals surface area contributed by atoms with Crippen LogP contribution in [0.2, 0.25) is 0 Å². The van der Waals surface area contributed by atoms with Gasteiger partial charge in [-0.3, -0.25) is 0 Å². The van der Waals surface area contributed by atoms with Crippen LogP contribution in [0.4, 0.5) is 4.39 Å². The number of aliphatic hydroxyl groups is 1. The van der Waals surface area contributed by atoms with E-state index in [0.29, 0.717) is 5.69 Å². The molecule has 94 valence electrons. The average Bonchev–Trinajstić information content (AvgIpc) is 2.88. The molecule has 2 aromatic rings. The third-order valence-corrected chi connectivity index (χ3v) is 3.16. The third kappa shape index (κ3) is 1.42. The van der Waals surface area contributed by atoms with E-state index >= 15 is 0 Å². The molecular formula is C12H12FN3O2. The smallest absolute Gasteiger partial charge is 0.175 e. The van der Waals surface area contributed by atoms with Crippen LogP contribution in [0.1, 0.15) is 17.5 Å². The first-order valence-corrected chi connectivity index (χ1v) is 5.56. The Kier molecular flexibility index (Phi) is 2.34. The number of rotatable bonds is 1. The van der Waals surface area contributed by atoms with Gasteiger partial charge in [-0.05, 0) is 19.1 Å². The molecule has 1 N–H and O–H groups in total. The number of hydrogen-bond acceptors (Lipinski definition) is 4. The van der Waals surface area contributed by atoms with Gasteiger partial charge in [0.15, 0.2) is 12.3 Å². The molecule has 5 nitrogen and oxygen atoms in total. The lowest BCUT2D eigenvalue weighted by molar-refractivity contribution is 0.0858. The van der Waals surface area contributed by atoms with E-state index in [2.05, 4.69) is 16.7 Å². The van der Waals surface area contributed by atoms with E-state index in [-0.39, 0.29) is 5.76 Å². The second kappa shape index (κ2) is 3.78. The molecule has 18 heavy (non-hydrogen) atoms. The number of fused-ring (bicyclic) bond motifs is 1.